The molecule has 0 radical (unpaired) electrons. The first-order valence-corrected chi connectivity index (χ1v) is 3.68. The number of hydrogen-bond acceptors (Lipinski definition) is 1. The second-order valence-electron chi connectivity index (χ2n) is 2.31. The summed E-state index contributed by atoms with van der Waals surface area (Å²) in [6, 6.07) is 2.93. The molecule has 1 atom stereocenters. The first-order chi connectivity index (χ1) is 5.00. The Morgan fingerprint density at radius 3 is 2.45 bits per heavy atom. The van der Waals surface area contributed by atoms with Crippen LogP contribution >= 0.6 is 9.24 Å². The molecule has 0 bridgehead atoms. The van der Waals surface area contributed by atoms with E-state index in [-0.39, 0.29) is 5.56 Å². The molecule has 1 heterocycles. The zero-order valence-electron chi connectivity index (χ0n) is 6.01. The molecular formula is C7H8F2NP. The summed E-state index contributed by atoms with van der Waals surface area (Å²) < 4.78 is 25.0. The Morgan fingerprint density at radius 1 is 1.45 bits per heavy atom. The van der Waals surface area contributed by atoms with Crippen molar-refractivity contribution in [2.75, 3.05) is 0 Å². The maximum Gasteiger partial charge on any atom is 0.285 e. The molecule has 0 N–H and O–H groups in total. The Kier molecular flexibility index (Phi) is 2.19. The van der Waals surface area contributed by atoms with E-state index in [4.69, 9.17) is 0 Å². The van der Waals surface area contributed by atoms with E-state index >= 15 is 0 Å². The summed E-state index contributed by atoms with van der Waals surface area (Å²) in [4.78, 5) is 3.75. The molecule has 0 aliphatic rings. The lowest BCUT2D eigenvalue weighted by molar-refractivity contribution is 0.103. The van der Waals surface area contributed by atoms with E-state index in [0.717, 1.165) is 5.69 Å². The van der Waals surface area contributed by atoms with E-state index < -0.39 is 5.66 Å². The minimum Gasteiger partial charge on any atom is -0.261 e. The molecular weight excluding hydrogens is 167 g/mol. The van der Waals surface area contributed by atoms with Gasteiger partial charge in [0.2, 0.25) is 0 Å². The first kappa shape index (κ1) is 8.54. The number of rotatable bonds is 1. The number of aryl methyl sites for hydroxylation is 1. The third kappa shape index (κ3) is 2.19. The predicted octanol–water partition coefficient (Wildman–Crippen LogP) is 2.31. The highest BCUT2D eigenvalue weighted by atomic mass is 31.0. The average Bonchev–Trinajstić information content (AvgIpc) is 1.86. The number of nitrogens with zero attached hydrogens (tertiary/aromatic N) is 1. The molecule has 0 saturated carbocycles. The molecule has 0 amide bonds. The predicted molar refractivity (Wildman–Crippen MR) is 42.6 cm³/mol. The van der Waals surface area contributed by atoms with Crippen LogP contribution in [-0.4, -0.2) is 4.98 Å². The van der Waals surface area contributed by atoms with Gasteiger partial charge in [-0.05, 0) is 19.1 Å². The molecule has 4 heteroatoms. The molecule has 1 aromatic rings. The largest absolute Gasteiger partial charge is 0.285 e. The van der Waals surface area contributed by atoms with Gasteiger partial charge in [-0.2, -0.15) is 8.78 Å². The van der Waals surface area contributed by atoms with E-state index in [0.29, 0.717) is 0 Å². The lowest BCUT2D eigenvalue weighted by atomic mass is 10.2. The number of halogens is 2. The monoisotopic (exact) mass is 175 g/mol. The van der Waals surface area contributed by atoms with Gasteiger partial charge in [0, 0.05) is 17.5 Å². The molecule has 0 fully saturated rings. The molecule has 0 aromatic carbocycles. The normalized spacial score (nSPS) is 11.6. The maximum atomic E-state index is 12.5. The highest BCUT2D eigenvalue weighted by Gasteiger charge is 2.24. The third-order valence-corrected chi connectivity index (χ3v) is 1.63. The summed E-state index contributed by atoms with van der Waals surface area (Å²) in [5.74, 6) is 0. The summed E-state index contributed by atoms with van der Waals surface area (Å²) in [7, 11) is 1.47. The van der Waals surface area contributed by atoms with Crippen LogP contribution in [0.4, 0.5) is 8.78 Å². The topological polar surface area (TPSA) is 12.9 Å². The highest BCUT2D eigenvalue weighted by molar-refractivity contribution is 7.17. The summed E-state index contributed by atoms with van der Waals surface area (Å²) in [6.45, 7) is 1.75. The summed E-state index contributed by atoms with van der Waals surface area (Å²) in [5, 5.41) is 0. The van der Waals surface area contributed by atoms with Gasteiger partial charge in [0.15, 0.2) is 0 Å². The van der Waals surface area contributed by atoms with Crippen LogP contribution in [0, 0.1) is 6.92 Å². The fourth-order valence-corrected chi connectivity index (χ4v) is 0.836. The van der Waals surface area contributed by atoms with E-state index in [1.165, 1.54) is 21.5 Å². The van der Waals surface area contributed by atoms with Crippen molar-refractivity contribution in [2.45, 2.75) is 12.6 Å². The second-order valence-corrected chi connectivity index (χ2v) is 3.04. The molecule has 0 saturated heterocycles. The average molecular weight is 175 g/mol. The summed E-state index contributed by atoms with van der Waals surface area (Å²) in [5.41, 5.74) is -2.20. The van der Waals surface area contributed by atoms with Gasteiger partial charge in [-0.15, -0.1) is 0 Å². The molecule has 1 aromatic heterocycles. The third-order valence-electron chi connectivity index (χ3n) is 1.30. The lowest BCUT2D eigenvalue weighted by Crippen LogP contribution is -2.02. The molecule has 1 nitrogen and oxygen atoms in total. The van der Waals surface area contributed by atoms with Crippen molar-refractivity contribution in [3.8, 4) is 0 Å². The smallest absolute Gasteiger partial charge is 0.261 e. The summed E-state index contributed by atoms with van der Waals surface area (Å²) >= 11 is 0. The van der Waals surface area contributed by atoms with Crippen molar-refractivity contribution >= 4 is 9.24 Å². The van der Waals surface area contributed by atoms with Crippen LogP contribution in [0.2, 0.25) is 0 Å². The Morgan fingerprint density at radius 2 is 2.09 bits per heavy atom. The van der Waals surface area contributed by atoms with Crippen LogP contribution in [0.5, 0.6) is 0 Å². The van der Waals surface area contributed by atoms with Crippen LogP contribution in [0.15, 0.2) is 18.3 Å². The molecule has 0 aliphatic heterocycles. The van der Waals surface area contributed by atoms with Crippen LogP contribution in [0.3, 0.4) is 0 Å². The van der Waals surface area contributed by atoms with Gasteiger partial charge in [0.25, 0.3) is 5.66 Å². The van der Waals surface area contributed by atoms with Crippen molar-refractivity contribution in [3.05, 3.63) is 29.6 Å². The van der Waals surface area contributed by atoms with E-state index in [9.17, 15) is 8.78 Å². The van der Waals surface area contributed by atoms with Crippen molar-refractivity contribution < 1.29 is 8.78 Å². The van der Waals surface area contributed by atoms with Crippen LogP contribution in [-0.2, 0) is 5.66 Å². The van der Waals surface area contributed by atoms with Gasteiger partial charge in [-0.3, -0.25) is 4.98 Å². The highest BCUT2D eigenvalue weighted by Crippen LogP contribution is 2.33. The standard InChI is InChI=1S/C7H8F2NP/c1-5-2-3-6(4-10-5)7(8,9)11/h2-4H,11H2,1H3. The molecule has 0 spiro atoms. The number of alkyl halides is 2. The van der Waals surface area contributed by atoms with E-state index in [1.807, 2.05) is 0 Å². The van der Waals surface area contributed by atoms with Gasteiger partial charge in [0.1, 0.15) is 0 Å². The minimum atomic E-state index is -2.86. The van der Waals surface area contributed by atoms with Gasteiger partial charge in [0.05, 0.1) is 0 Å². The minimum absolute atomic E-state index is 0.0758. The number of pyridine rings is 1. The van der Waals surface area contributed by atoms with Gasteiger partial charge in [-0.25, -0.2) is 0 Å². The van der Waals surface area contributed by atoms with Crippen molar-refractivity contribution in [3.63, 3.8) is 0 Å². The Balaban J connectivity index is 2.99. The van der Waals surface area contributed by atoms with Gasteiger partial charge in [-0.1, -0.05) is 9.24 Å². The zero-order chi connectivity index (χ0) is 8.48. The number of hydrogen-bond donors (Lipinski definition) is 0. The first-order valence-electron chi connectivity index (χ1n) is 3.10. The Labute approximate surface area is 66.0 Å². The SMILES string of the molecule is Cc1ccc(C(F)(F)P)cn1. The van der Waals surface area contributed by atoms with Crippen LogP contribution < -0.4 is 0 Å². The van der Waals surface area contributed by atoms with Gasteiger partial charge >= 0.3 is 0 Å². The maximum absolute atomic E-state index is 12.5. The molecule has 1 unspecified atom stereocenters. The lowest BCUT2D eigenvalue weighted by Gasteiger charge is -2.08. The molecule has 60 valence electrons. The molecule has 1 rings (SSSR count). The fraction of sp³-hybridized carbons (Fsp3) is 0.286. The van der Waals surface area contributed by atoms with Gasteiger partial charge < -0.3 is 0 Å². The second kappa shape index (κ2) is 2.82. The Bertz CT molecular complexity index is 240. The number of aromatic nitrogens is 1. The van der Waals surface area contributed by atoms with E-state index in [2.05, 4.69) is 4.98 Å². The van der Waals surface area contributed by atoms with Crippen molar-refractivity contribution in [1.82, 2.24) is 4.98 Å². The van der Waals surface area contributed by atoms with Crippen molar-refractivity contribution in [1.29, 1.82) is 0 Å². The quantitative estimate of drug-likeness (QED) is 0.597. The van der Waals surface area contributed by atoms with Crippen molar-refractivity contribution in [2.24, 2.45) is 0 Å². The van der Waals surface area contributed by atoms with Crippen LogP contribution in [0.1, 0.15) is 11.3 Å². The van der Waals surface area contributed by atoms with Crippen LogP contribution in [0.25, 0.3) is 0 Å². The molecule has 0 aliphatic carbocycles. The Hall–Kier alpha value is -0.560. The van der Waals surface area contributed by atoms with E-state index in [1.54, 1.807) is 13.0 Å². The summed E-state index contributed by atoms with van der Waals surface area (Å²) in [6.07, 6.45) is 1.18. The zero-order valence-corrected chi connectivity index (χ0v) is 7.17. The fourth-order valence-electron chi connectivity index (χ4n) is 0.665. The molecule has 11 heavy (non-hydrogen) atoms.